The van der Waals surface area contributed by atoms with Crippen molar-refractivity contribution in [1.82, 2.24) is 14.2 Å². The van der Waals surface area contributed by atoms with Crippen molar-refractivity contribution in [3.8, 4) is 0 Å². The standard InChI is InChI=1S/C11H11N3O4/c15-9(16)5-13-2-3-14-10(11(13)17)7-6-18-4-1-8(7)12-14/h2-3H,1,4-6H2,(H,15,16). The van der Waals surface area contributed by atoms with E-state index in [4.69, 9.17) is 9.84 Å². The Labute approximate surface area is 101 Å². The van der Waals surface area contributed by atoms with Crippen molar-refractivity contribution in [1.29, 1.82) is 0 Å². The Hall–Kier alpha value is -2.15. The molecule has 18 heavy (non-hydrogen) atoms. The molecule has 0 saturated carbocycles. The van der Waals surface area contributed by atoms with E-state index in [0.717, 1.165) is 15.8 Å². The predicted octanol–water partition coefficient (Wildman–Crippen LogP) is -0.347. The quantitative estimate of drug-likeness (QED) is 0.786. The van der Waals surface area contributed by atoms with E-state index in [2.05, 4.69) is 5.10 Å². The van der Waals surface area contributed by atoms with Gasteiger partial charge in [0.1, 0.15) is 12.1 Å². The van der Waals surface area contributed by atoms with E-state index in [1.165, 1.54) is 10.7 Å². The maximum atomic E-state index is 12.2. The van der Waals surface area contributed by atoms with Gasteiger partial charge in [-0.1, -0.05) is 0 Å². The van der Waals surface area contributed by atoms with Crippen LogP contribution in [0.15, 0.2) is 17.2 Å². The molecule has 0 fully saturated rings. The molecule has 3 heterocycles. The predicted molar refractivity (Wildman–Crippen MR) is 60.4 cm³/mol. The van der Waals surface area contributed by atoms with Crippen LogP contribution in [0.4, 0.5) is 0 Å². The molecule has 7 nitrogen and oxygen atoms in total. The number of hydrogen-bond donors (Lipinski definition) is 1. The molecule has 94 valence electrons. The SMILES string of the molecule is O=C(O)Cn1ccn2nc3c(c2c1=O)COCC3. The average Bonchev–Trinajstić information content (AvgIpc) is 2.71. The maximum Gasteiger partial charge on any atom is 0.323 e. The zero-order valence-corrected chi connectivity index (χ0v) is 9.50. The Balaban J connectivity index is 2.24. The summed E-state index contributed by atoms with van der Waals surface area (Å²) >= 11 is 0. The summed E-state index contributed by atoms with van der Waals surface area (Å²) in [7, 11) is 0. The van der Waals surface area contributed by atoms with Gasteiger partial charge in [-0.2, -0.15) is 5.10 Å². The second-order valence-electron chi connectivity index (χ2n) is 4.15. The van der Waals surface area contributed by atoms with E-state index in [0.29, 0.717) is 25.2 Å². The van der Waals surface area contributed by atoms with E-state index in [-0.39, 0.29) is 12.1 Å². The summed E-state index contributed by atoms with van der Waals surface area (Å²) in [5.41, 5.74) is 1.69. The highest BCUT2D eigenvalue weighted by Gasteiger charge is 2.20. The van der Waals surface area contributed by atoms with Crippen LogP contribution in [-0.2, 0) is 29.1 Å². The molecule has 0 bridgehead atoms. The first-order valence-electron chi connectivity index (χ1n) is 5.56. The van der Waals surface area contributed by atoms with Gasteiger partial charge in [0.25, 0.3) is 5.56 Å². The van der Waals surface area contributed by atoms with Crippen LogP contribution in [-0.4, -0.2) is 31.9 Å². The first-order valence-corrected chi connectivity index (χ1v) is 5.56. The van der Waals surface area contributed by atoms with Gasteiger partial charge in [0.2, 0.25) is 0 Å². The molecule has 0 saturated heterocycles. The minimum Gasteiger partial charge on any atom is -0.480 e. The minimum absolute atomic E-state index is 0.348. The second-order valence-corrected chi connectivity index (χ2v) is 4.15. The summed E-state index contributed by atoms with van der Waals surface area (Å²) in [6, 6.07) is 0. The molecule has 0 amide bonds. The lowest BCUT2D eigenvalue weighted by Gasteiger charge is -2.10. The molecule has 0 aromatic carbocycles. The highest BCUT2D eigenvalue weighted by Crippen LogP contribution is 2.18. The van der Waals surface area contributed by atoms with Crippen LogP contribution < -0.4 is 5.56 Å². The topological polar surface area (TPSA) is 85.8 Å². The molecule has 0 unspecified atom stereocenters. The van der Waals surface area contributed by atoms with Crippen LogP contribution in [0.2, 0.25) is 0 Å². The van der Waals surface area contributed by atoms with E-state index < -0.39 is 5.97 Å². The molecular weight excluding hydrogens is 238 g/mol. The van der Waals surface area contributed by atoms with Crippen molar-refractivity contribution in [3.63, 3.8) is 0 Å². The van der Waals surface area contributed by atoms with Gasteiger partial charge >= 0.3 is 5.97 Å². The van der Waals surface area contributed by atoms with Crippen molar-refractivity contribution < 1.29 is 14.6 Å². The summed E-state index contributed by atoms with van der Waals surface area (Å²) in [4.78, 5) is 22.9. The van der Waals surface area contributed by atoms with E-state index in [9.17, 15) is 9.59 Å². The summed E-state index contributed by atoms with van der Waals surface area (Å²) in [6.45, 7) is 0.599. The molecule has 2 aromatic heterocycles. The lowest BCUT2D eigenvalue weighted by Crippen LogP contribution is -2.25. The molecule has 1 aliphatic heterocycles. The van der Waals surface area contributed by atoms with Crippen molar-refractivity contribution in [2.75, 3.05) is 6.61 Å². The fraction of sp³-hybridized carbons (Fsp3) is 0.364. The van der Waals surface area contributed by atoms with E-state index in [1.54, 1.807) is 6.20 Å². The number of nitrogens with zero attached hydrogens (tertiary/aromatic N) is 3. The Bertz CT molecular complexity index is 685. The minimum atomic E-state index is -1.05. The first kappa shape index (κ1) is 11.0. The van der Waals surface area contributed by atoms with Gasteiger partial charge in [-0.05, 0) is 0 Å². The van der Waals surface area contributed by atoms with Crippen molar-refractivity contribution in [2.45, 2.75) is 19.6 Å². The van der Waals surface area contributed by atoms with Gasteiger partial charge in [-0.25, -0.2) is 4.52 Å². The number of rotatable bonds is 2. The molecule has 0 atom stereocenters. The summed E-state index contributed by atoms with van der Waals surface area (Å²) in [6.07, 6.45) is 3.70. The van der Waals surface area contributed by atoms with Gasteiger partial charge in [-0.3, -0.25) is 9.59 Å². The zero-order valence-electron chi connectivity index (χ0n) is 9.50. The summed E-state index contributed by atoms with van der Waals surface area (Å²) in [5, 5.41) is 13.1. The Kier molecular flexibility index (Phi) is 2.41. The molecule has 7 heteroatoms. The normalized spacial score (nSPS) is 14.7. The third kappa shape index (κ3) is 1.60. The lowest BCUT2D eigenvalue weighted by atomic mass is 10.1. The van der Waals surface area contributed by atoms with Crippen LogP contribution in [0, 0.1) is 0 Å². The molecule has 0 aliphatic carbocycles. The van der Waals surface area contributed by atoms with Gasteiger partial charge in [0, 0.05) is 24.4 Å². The van der Waals surface area contributed by atoms with Crippen LogP contribution in [0.1, 0.15) is 11.3 Å². The van der Waals surface area contributed by atoms with Gasteiger partial charge in [0.15, 0.2) is 0 Å². The summed E-state index contributed by atoms with van der Waals surface area (Å²) < 4.78 is 7.98. The molecule has 0 radical (unpaired) electrons. The second kappa shape index (κ2) is 3.95. The molecule has 3 rings (SSSR count). The Morgan fingerprint density at radius 2 is 2.33 bits per heavy atom. The molecular formula is C11H11N3O4. The maximum absolute atomic E-state index is 12.2. The van der Waals surface area contributed by atoms with Crippen molar-refractivity contribution in [2.24, 2.45) is 0 Å². The van der Waals surface area contributed by atoms with Crippen LogP contribution >= 0.6 is 0 Å². The fourth-order valence-corrected chi connectivity index (χ4v) is 2.16. The van der Waals surface area contributed by atoms with Crippen LogP contribution in [0.5, 0.6) is 0 Å². The third-order valence-corrected chi connectivity index (χ3v) is 2.98. The van der Waals surface area contributed by atoms with E-state index >= 15 is 0 Å². The van der Waals surface area contributed by atoms with Gasteiger partial charge in [-0.15, -0.1) is 0 Å². The summed E-state index contributed by atoms with van der Waals surface area (Å²) in [5.74, 6) is -1.05. The highest BCUT2D eigenvalue weighted by molar-refractivity contribution is 5.67. The monoisotopic (exact) mass is 249 g/mol. The van der Waals surface area contributed by atoms with Gasteiger partial charge in [0.05, 0.1) is 18.9 Å². The Morgan fingerprint density at radius 1 is 1.50 bits per heavy atom. The number of carboxylic acids is 1. The Morgan fingerprint density at radius 3 is 3.11 bits per heavy atom. The number of aliphatic carboxylic acids is 1. The van der Waals surface area contributed by atoms with Gasteiger partial charge < -0.3 is 14.4 Å². The first-order chi connectivity index (χ1) is 8.66. The van der Waals surface area contributed by atoms with Crippen LogP contribution in [0.25, 0.3) is 5.52 Å². The third-order valence-electron chi connectivity index (χ3n) is 2.98. The fourth-order valence-electron chi connectivity index (χ4n) is 2.16. The average molecular weight is 249 g/mol. The number of carboxylic acid groups (broad SMARTS) is 1. The largest absolute Gasteiger partial charge is 0.480 e. The zero-order chi connectivity index (χ0) is 12.7. The molecule has 1 aliphatic rings. The lowest BCUT2D eigenvalue weighted by molar-refractivity contribution is -0.137. The number of ether oxygens (including phenoxy) is 1. The van der Waals surface area contributed by atoms with E-state index in [1.807, 2.05) is 0 Å². The smallest absolute Gasteiger partial charge is 0.323 e. The number of hydrogen-bond acceptors (Lipinski definition) is 4. The van der Waals surface area contributed by atoms with Crippen molar-refractivity contribution in [3.05, 3.63) is 34.0 Å². The number of carbonyl (C=O) groups is 1. The molecule has 2 aromatic rings. The molecule has 0 spiro atoms. The molecule has 1 N–H and O–H groups in total. The number of fused-ring (bicyclic) bond motifs is 3. The highest BCUT2D eigenvalue weighted by atomic mass is 16.5. The number of aromatic nitrogens is 3. The van der Waals surface area contributed by atoms with Crippen LogP contribution in [0.3, 0.4) is 0 Å². The van der Waals surface area contributed by atoms with Crippen molar-refractivity contribution >= 4 is 11.5 Å².